The number of nitrogens with one attached hydrogen (secondary N) is 1. The van der Waals surface area contributed by atoms with Crippen LogP contribution in [0.2, 0.25) is 0 Å². The highest BCUT2D eigenvalue weighted by Crippen LogP contribution is 2.17. The zero-order valence-corrected chi connectivity index (χ0v) is 9.11. The van der Waals surface area contributed by atoms with Crippen molar-refractivity contribution < 1.29 is 0 Å². The van der Waals surface area contributed by atoms with Crippen molar-refractivity contribution in [1.82, 2.24) is 15.3 Å². The van der Waals surface area contributed by atoms with E-state index < -0.39 is 0 Å². The van der Waals surface area contributed by atoms with E-state index in [2.05, 4.69) is 28.1 Å². The summed E-state index contributed by atoms with van der Waals surface area (Å²) >= 11 is 0. The van der Waals surface area contributed by atoms with Crippen LogP contribution in [0, 0.1) is 12.3 Å². The van der Waals surface area contributed by atoms with Crippen molar-refractivity contribution in [3.63, 3.8) is 0 Å². The average molecular weight is 203 g/mol. The third kappa shape index (κ3) is 4.09. The highest BCUT2D eigenvalue weighted by Gasteiger charge is 2.09. The molecule has 1 unspecified atom stereocenters. The average Bonchev–Trinajstić information content (AvgIpc) is 2.29. The maximum Gasteiger partial charge on any atom is 0.115 e. The van der Waals surface area contributed by atoms with Crippen LogP contribution in [0.4, 0.5) is 0 Å². The van der Waals surface area contributed by atoms with Gasteiger partial charge in [0.05, 0.1) is 0 Å². The second kappa shape index (κ2) is 6.97. The molecule has 3 heteroatoms. The van der Waals surface area contributed by atoms with E-state index in [4.69, 9.17) is 6.42 Å². The van der Waals surface area contributed by atoms with Gasteiger partial charge in [0.2, 0.25) is 0 Å². The lowest BCUT2D eigenvalue weighted by Gasteiger charge is -2.16. The van der Waals surface area contributed by atoms with E-state index in [0.29, 0.717) is 6.04 Å². The molecule has 0 aliphatic rings. The summed E-state index contributed by atoms with van der Waals surface area (Å²) in [6.07, 6.45) is 13.4. The van der Waals surface area contributed by atoms with Gasteiger partial charge in [0.15, 0.2) is 0 Å². The summed E-state index contributed by atoms with van der Waals surface area (Å²) in [6, 6.07) is 0.324. The van der Waals surface area contributed by atoms with E-state index in [1.165, 1.54) is 0 Å². The normalized spacial score (nSPS) is 12.0. The third-order valence-corrected chi connectivity index (χ3v) is 2.25. The minimum atomic E-state index is 0.324. The second-order valence-corrected chi connectivity index (χ2v) is 3.38. The molecule has 0 amide bonds. The van der Waals surface area contributed by atoms with Crippen molar-refractivity contribution in [3.05, 3.63) is 24.3 Å². The van der Waals surface area contributed by atoms with Crippen LogP contribution >= 0.6 is 0 Å². The van der Waals surface area contributed by atoms with Crippen molar-refractivity contribution in [2.75, 3.05) is 6.54 Å². The highest BCUT2D eigenvalue weighted by molar-refractivity contribution is 5.09. The molecule has 3 nitrogen and oxygen atoms in total. The van der Waals surface area contributed by atoms with Crippen LogP contribution < -0.4 is 5.32 Å². The first-order valence-corrected chi connectivity index (χ1v) is 5.30. The van der Waals surface area contributed by atoms with Gasteiger partial charge in [-0.3, -0.25) is 0 Å². The summed E-state index contributed by atoms with van der Waals surface area (Å²) < 4.78 is 0. The molecule has 0 bridgehead atoms. The molecule has 15 heavy (non-hydrogen) atoms. The Labute approximate surface area is 91.3 Å². The molecule has 1 rings (SSSR count). The highest BCUT2D eigenvalue weighted by atomic mass is 14.9. The van der Waals surface area contributed by atoms with Gasteiger partial charge in [-0.15, -0.1) is 12.3 Å². The van der Waals surface area contributed by atoms with Crippen molar-refractivity contribution in [3.8, 4) is 12.3 Å². The van der Waals surface area contributed by atoms with Gasteiger partial charge in [-0.2, -0.15) is 0 Å². The minimum Gasteiger partial charge on any atom is -0.310 e. The summed E-state index contributed by atoms with van der Waals surface area (Å²) in [5.41, 5.74) is 1.14. The Bertz CT molecular complexity index is 302. The molecule has 0 spiro atoms. The summed E-state index contributed by atoms with van der Waals surface area (Å²) in [5.74, 6) is 2.66. The van der Waals surface area contributed by atoms with Gasteiger partial charge >= 0.3 is 0 Å². The fraction of sp³-hybridized carbons (Fsp3) is 0.500. The van der Waals surface area contributed by atoms with Crippen LogP contribution in [0.15, 0.2) is 18.7 Å². The van der Waals surface area contributed by atoms with E-state index in [1.807, 2.05) is 12.4 Å². The van der Waals surface area contributed by atoms with Gasteiger partial charge in [0, 0.05) is 30.4 Å². The second-order valence-electron chi connectivity index (χ2n) is 3.38. The number of rotatable bonds is 6. The molecule has 80 valence electrons. The van der Waals surface area contributed by atoms with Gasteiger partial charge in [-0.1, -0.05) is 6.92 Å². The topological polar surface area (TPSA) is 37.8 Å². The van der Waals surface area contributed by atoms with E-state index in [1.54, 1.807) is 6.33 Å². The van der Waals surface area contributed by atoms with Gasteiger partial charge < -0.3 is 5.32 Å². The first kappa shape index (κ1) is 11.7. The lowest BCUT2D eigenvalue weighted by molar-refractivity contribution is 0.499. The zero-order chi connectivity index (χ0) is 10.9. The van der Waals surface area contributed by atoms with Crippen molar-refractivity contribution >= 4 is 0 Å². The fourth-order valence-electron chi connectivity index (χ4n) is 1.53. The number of aromatic nitrogens is 2. The molecule has 1 heterocycles. The van der Waals surface area contributed by atoms with E-state index in [9.17, 15) is 0 Å². The molecule has 0 aromatic carbocycles. The molecule has 0 saturated carbocycles. The Hall–Kier alpha value is -1.40. The Balaban J connectivity index is 2.54. The maximum absolute atomic E-state index is 5.23. The van der Waals surface area contributed by atoms with Crippen molar-refractivity contribution in [2.24, 2.45) is 0 Å². The lowest BCUT2D eigenvalue weighted by atomic mass is 10.0. The standard InChI is InChI=1S/C12H17N3/c1-3-5-6-7-12(15-4-2)11-8-13-10-14-9-11/h1,8-10,12,15H,4-7H2,2H3. The molecule has 1 atom stereocenters. The number of nitrogens with zero attached hydrogens (tertiary/aromatic N) is 2. The first-order valence-electron chi connectivity index (χ1n) is 5.30. The maximum atomic E-state index is 5.23. The Morgan fingerprint density at radius 3 is 2.80 bits per heavy atom. The number of hydrogen-bond acceptors (Lipinski definition) is 3. The quantitative estimate of drug-likeness (QED) is 0.567. The fourth-order valence-corrected chi connectivity index (χ4v) is 1.53. The van der Waals surface area contributed by atoms with Crippen molar-refractivity contribution in [2.45, 2.75) is 32.2 Å². The SMILES string of the molecule is C#CCCCC(NCC)c1cncnc1. The molecule has 0 radical (unpaired) electrons. The molecule has 0 fully saturated rings. The van der Waals surface area contributed by atoms with Crippen LogP contribution in [-0.4, -0.2) is 16.5 Å². The van der Waals surface area contributed by atoms with Gasteiger partial charge in [0.1, 0.15) is 6.33 Å². The molecule has 0 aliphatic carbocycles. The van der Waals surface area contributed by atoms with Crippen LogP contribution in [0.25, 0.3) is 0 Å². The summed E-state index contributed by atoms with van der Waals surface area (Å²) in [7, 11) is 0. The van der Waals surface area contributed by atoms with E-state index in [-0.39, 0.29) is 0 Å². The molecular weight excluding hydrogens is 186 g/mol. The number of unbranched alkanes of at least 4 members (excludes halogenated alkanes) is 1. The Morgan fingerprint density at radius 2 is 2.20 bits per heavy atom. The summed E-state index contributed by atoms with van der Waals surface area (Å²) in [5, 5.41) is 3.41. The molecule has 1 aromatic rings. The van der Waals surface area contributed by atoms with Crippen LogP contribution in [0.5, 0.6) is 0 Å². The predicted molar refractivity (Wildman–Crippen MR) is 61.1 cm³/mol. The van der Waals surface area contributed by atoms with Gasteiger partial charge in [-0.25, -0.2) is 9.97 Å². The van der Waals surface area contributed by atoms with Crippen LogP contribution in [-0.2, 0) is 0 Å². The first-order chi connectivity index (χ1) is 7.38. The number of hydrogen-bond donors (Lipinski definition) is 1. The monoisotopic (exact) mass is 203 g/mol. The Kier molecular flexibility index (Phi) is 5.42. The van der Waals surface area contributed by atoms with Gasteiger partial charge in [0.25, 0.3) is 0 Å². The molecule has 1 aromatic heterocycles. The largest absolute Gasteiger partial charge is 0.310 e. The lowest BCUT2D eigenvalue weighted by Crippen LogP contribution is -2.21. The number of terminal acetylenes is 1. The van der Waals surface area contributed by atoms with E-state index >= 15 is 0 Å². The van der Waals surface area contributed by atoms with Crippen LogP contribution in [0.1, 0.15) is 37.8 Å². The predicted octanol–water partition coefficient (Wildman–Crippen LogP) is 1.93. The van der Waals surface area contributed by atoms with Crippen molar-refractivity contribution in [1.29, 1.82) is 0 Å². The molecular formula is C12H17N3. The van der Waals surface area contributed by atoms with E-state index in [0.717, 1.165) is 31.4 Å². The third-order valence-electron chi connectivity index (χ3n) is 2.25. The summed E-state index contributed by atoms with van der Waals surface area (Å²) in [4.78, 5) is 8.05. The molecule has 0 aliphatic heterocycles. The molecule has 0 saturated heterocycles. The molecule has 1 N–H and O–H groups in total. The summed E-state index contributed by atoms with van der Waals surface area (Å²) in [6.45, 7) is 3.04. The zero-order valence-electron chi connectivity index (χ0n) is 9.11. The van der Waals surface area contributed by atoms with Crippen LogP contribution in [0.3, 0.4) is 0 Å². The Morgan fingerprint density at radius 1 is 1.47 bits per heavy atom. The van der Waals surface area contributed by atoms with Gasteiger partial charge in [-0.05, 0) is 19.4 Å². The smallest absolute Gasteiger partial charge is 0.115 e. The minimum absolute atomic E-state index is 0.324.